The van der Waals surface area contributed by atoms with Crippen molar-refractivity contribution in [2.75, 3.05) is 0 Å². The minimum atomic E-state index is -1.80. The van der Waals surface area contributed by atoms with Crippen molar-refractivity contribution in [3.8, 4) is 11.5 Å². The van der Waals surface area contributed by atoms with Crippen LogP contribution in [0.2, 0.25) is 118 Å². The zero-order chi connectivity index (χ0) is 25.9. The van der Waals surface area contributed by atoms with Crippen LogP contribution in [0, 0.1) is 0 Å². The summed E-state index contributed by atoms with van der Waals surface area (Å²) in [6, 6.07) is 0. The molecule has 1 rings (SSSR count). The molecule has 0 radical (unpaired) electrons. The molecule has 0 saturated carbocycles. The molecule has 32 heavy (non-hydrogen) atoms. The molecule has 1 aromatic carbocycles. The van der Waals surface area contributed by atoms with E-state index in [2.05, 4.69) is 118 Å². The van der Waals surface area contributed by atoms with E-state index in [4.69, 9.17) is 8.85 Å². The monoisotopic (exact) mass is 542 g/mol. The van der Waals surface area contributed by atoms with Crippen molar-refractivity contribution in [1.29, 1.82) is 0 Å². The largest absolute Gasteiger partial charge is 0.544 e. The molecule has 0 unspecified atom stereocenters. The van der Waals surface area contributed by atoms with Crippen molar-refractivity contribution >= 4 is 69.7 Å². The molecule has 0 aliphatic heterocycles. The molecule has 0 heterocycles. The van der Waals surface area contributed by atoms with Crippen LogP contribution in [0.15, 0.2) is 0 Å². The standard InChI is InChI=1S/C24H54O2Si6/c1-27(2,3)21-19(25-31(13,14)15)23(29(7,8)9)24(30(10,11)12)20(26-32(16,17)18)22(21)28(4,5)6/h1-18H3. The fraction of sp³-hybridized carbons (Fsp3) is 0.750. The van der Waals surface area contributed by atoms with E-state index in [1.165, 1.54) is 11.5 Å². The maximum Gasteiger partial charge on any atom is 0.242 e. The topological polar surface area (TPSA) is 18.5 Å². The Kier molecular flexibility index (Phi) is 8.45. The third-order valence-corrected chi connectivity index (χ3v) is 15.3. The van der Waals surface area contributed by atoms with Crippen molar-refractivity contribution < 1.29 is 8.85 Å². The van der Waals surface area contributed by atoms with Crippen LogP contribution in [-0.2, 0) is 0 Å². The second-order valence-corrected chi connectivity index (χ2v) is 44.4. The van der Waals surface area contributed by atoms with Gasteiger partial charge in [-0.25, -0.2) is 0 Å². The summed E-state index contributed by atoms with van der Waals surface area (Å²) in [7, 11) is -10.5. The van der Waals surface area contributed by atoms with Gasteiger partial charge in [0.25, 0.3) is 0 Å². The highest BCUT2D eigenvalue weighted by molar-refractivity contribution is 7.04. The first-order valence-corrected chi connectivity index (χ1v) is 33.1. The van der Waals surface area contributed by atoms with Crippen molar-refractivity contribution in [3.63, 3.8) is 0 Å². The smallest absolute Gasteiger partial charge is 0.242 e. The summed E-state index contributed by atoms with van der Waals surface area (Å²) >= 11 is 0. The molecule has 0 fully saturated rings. The zero-order valence-corrected chi connectivity index (χ0v) is 30.8. The highest BCUT2D eigenvalue weighted by Crippen LogP contribution is 2.28. The Bertz CT molecular complexity index is 713. The Morgan fingerprint density at radius 2 is 0.469 bits per heavy atom. The van der Waals surface area contributed by atoms with Crippen LogP contribution in [0.5, 0.6) is 11.5 Å². The minimum Gasteiger partial charge on any atom is -0.544 e. The van der Waals surface area contributed by atoms with Crippen LogP contribution in [-0.4, -0.2) is 48.9 Å². The molecule has 1 aromatic rings. The van der Waals surface area contributed by atoms with Crippen molar-refractivity contribution in [3.05, 3.63) is 0 Å². The van der Waals surface area contributed by atoms with Gasteiger partial charge in [-0.05, 0) is 60.0 Å². The first-order chi connectivity index (χ1) is 13.7. The Labute approximate surface area is 207 Å². The van der Waals surface area contributed by atoms with Gasteiger partial charge in [0.2, 0.25) is 16.6 Å². The van der Waals surface area contributed by atoms with Crippen LogP contribution in [0.4, 0.5) is 0 Å². The van der Waals surface area contributed by atoms with Gasteiger partial charge in [0.1, 0.15) is 11.5 Å². The van der Waals surface area contributed by atoms with Crippen LogP contribution in [0.25, 0.3) is 0 Å². The highest BCUT2D eigenvalue weighted by atomic mass is 28.4. The SMILES string of the molecule is C[Si](C)(C)Oc1c([Si](C)(C)C)c([Si](C)(C)C)c(O[Si](C)(C)C)c([Si](C)(C)C)c1[Si](C)(C)C. The Morgan fingerprint density at radius 3 is 0.562 bits per heavy atom. The van der Waals surface area contributed by atoms with E-state index in [0.717, 1.165) is 0 Å². The van der Waals surface area contributed by atoms with Crippen molar-refractivity contribution in [2.24, 2.45) is 0 Å². The quantitative estimate of drug-likeness (QED) is 0.359. The summed E-state index contributed by atoms with van der Waals surface area (Å²) in [6.07, 6.45) is 0. The molecule has 0 amide bonds. The average molecular weight is 543 g/mol. The van der Waals surface area contributed by atoms with Gasteiger partial charge in [-0.1, -0.05) is 78.6 Å². The van der Waals surface area contributed by atoms with Crippen LogP contribution in [0.1, 0.15) is 0 Å². The summed E-state index contributed by atoms with van der Waals surface area (Å²) in [5.74, 6) is 2.64. The molecular formula is C24H54O2Si6. The lowest BCUT2D eigenvalue weighted by molar-refractivity contribution is 0.555. The first-order valence-electron chi connectivity index (χ1n) is 12.3. The molecule has 186 valence electrons. The fourth-order valence-electron chi connectivity index (χ4n) is 4.38. The van der Waals surface area contributed by atoms with E-state index in [0.29, 0.717) is 0 Å². The Balaban J connectivity index is 4.66. The van der Waals surface area contributed by atoms with E-state index < -0.39 is 48.9 Å². The number of benzene rings is 1. The number of hydrogen-bond donors (Lipinski definition) is 0. The predicted octanol–water partition coefficient (Wildman–Crippen LogP) is 6.29. The molecule has 0 spiro atoms. The summed E-state index contributed by atoms with van der Waals surface area (Å²) in [4.78, 5) is 0. The molecular weight excluding hydrogens is 489 g/mol. The first kappa shape index (κ1) is 30.2. The van der Waals surface area contributed by atoms with Gasteiger partial charge in [-0.2, -0.15) is 0 Å². The van der Waals surface area contributed by atoms with Gasteiger partial charge >= 0.3 is 0 Å². The maximum atomic E-state index is 7.18. The highest BCUT2D eigenvalue weighted by Gasteiger charge is 2.44. The van der Waals surface area contributed by atoms with Crippen LogP contribution >= 0.6 is 0 Å². The lowest BCUT2D eigenvalue weighted by Crippen LogP contribution is -2.68. The second kappa shape index (κ2) is 8.96. The van der Waals surface area contributed by atoms with E-state index in [1.54, 1.807) is 20.7 Å². The molecule has 8 heteroatoms. The van der Waals surface area contributed by atoms with Crippen molar-refractivity contribution in [1.82, 2.24) is 0 Å². The average Bonchev–Trinajstić information content (AvgIpc) is 2.39. The van der Waals surface area contributed by atoms with E-state index in [-0.39, 0.29) is 0 Å². The molecule has 0 aliphatic carbocycles. The third kappa shape index (κ3) is 7.56. The molecule has 2 nitrogen and oxygen atoms in total. The zero-order valence-electron chi connectivity index (χ0n) is 24.8. The van der Waals surface area contributed by atoms with E-state index in [9.17, 15) is 0 Å². The molecule has 0 aliphatic rings. The summed E-state index contributed by atoms with van der Waals surface area (Å²) in [5, 5.41) is 6.36. The van der Waals surface area contributed by atoms with Gasteiger partial charge in [0.15, 0.2) is 0 Å². The van der Waals surface area contributed by atoms with E-state index in [1.807, 2.05) is 0 Å². The predicted molar refractivity (Wildman–Crippen MR) is 166 cm³/mol. The summed E-state index contributed by atoms with van der Waals surface area (Å²) in [6.45, 7) is 44.3. The van der Waals surface area contributed by atoms with Crippen molar-refractivity contribution in [2.45, 2.75) is 118 Å². The fourth-order valence-corrected chi connectivity index (χ4v) is 18.1. The summed E-state index contributed by atoms with van der Waals surface area (Å²) < 4.78 is 14.4. The molecule has 0 bridgehead atoms. The van der Waals surface area contributed by atoms with Gasteiger partial charge in [-0.3, -0.25) is 0 Å². The number of rotatable bonds is 8. The van der Waals surface area contributed by atoms with Gasteiger partial charge in [0, 0.05) is 0 Å². The lowest BCUT2D eigenvalue weighted by Gasteiger charge is -2.43. The van der Waals surface area contributed by atoms with Crippen LogP contribution in [0.3, 0.4) is 0 Å². The minimum absolute atomic E-state index is 1.32. The molecule has 0 atom stereocenters. The maximum absolute atomic E-state index is 7.18. The van der Waals surface area contributed by atoms with Gasteiger partial charge in [-0.15, -0.1) is 0 Å². The van der Waals surface area contributed by atoms with E-state index >= 15 is 0 Å². The Hall–Kier alpha value is 0.121. The third-order valence-electron chi connectivity index (χ3n) is 5.22. The van der Waals surface area contributed by atoms with Gasteiger partial charge < -0.3 is 8.85 Å². The Morgan fingerprint density at radius 1 is 0.312 bits per heavy atom. The molecule has 0 N–H and O–H groups in total. The van der Waals surface area contributed by atoms with Crippen LogP contribution < -0.4 is 29.6 Å². The number of hydrogen-bond acceptors (Lipinski definition) is 2. The van der Waals surface area contributed by atoms with Gasteiger partial charge in [0.05, 0.1) is 32.3 Å². The second-order valence-electron chi connectivity index (χ2n) is 15.6. The lowest BCUT2D eigenvalue weighted by atomic mass is 10.3. The molecule has 0 saturated heterocycles. The molecule has 0 aromatic heterocycles. The normalized spacial score (nSPS) is 14.6. The summed E-state index contributed by atoms with van der Waals surface area (Å²) in [5.41, 5.74) is 0.